The number of hydrogen-bond donors (Lipinski definition) is 1. The number of nitrogens with zero attached hydrogens (tertiary/aromatic N) is 1. The molecule has 3 aromatic rings. The Morgan fingerprint density at radius 3 is 2.32 bits per heavy atom. The first-order valence-corrected chi connectivity index (χ1v) is 12.3. The third-order valence-electron chi connectivity index (χ3n) is 5.23. The van der Waals surface area contributed by atoms with Crippen LogP contribution >= 0.6 is 0 Å². The van der Waals surface area contributed by atoms with Gasteiger partial charge < -0.3 is 19.5 Å². The fourth-order valence-corrected chi connectivity index (χ4v) is 4.95. The maximum atomic E-state index is 12.8. The molecule has 0 unspecified atom stereocenters. The number of morpholine rings is 1. The second-order valence-corrected chi connectivity index (χ2v) is 9.66. The normalized spacial score (nSPS) is 14.4. The maximum absolute atomic E-state index is 12.8. The smallest absolute Gasteiger partial charge is 0.262 e. The predicted molar refractivity (Wildman–Crippen MR) is 128 cm³/mol. The summed E-state index contributed by atoms with van der Waals surface area (Å²) < 4.78 is 43.6. The lowest BCUT2D eigenvalue weighted by atomic mass is 10.2. The molecule has 9 heteroatoms. The lowest BCUT2D eigenvalue weighted by molar-refractivity contribution is -0.118. The molecule has 0 aromatic heterocycles. The summed E-state index contributed by atoms with van der Waals surface area (Å²) in [5.74, 6) is 1.50. The number of rotatable bonds is 8. The quantitative estimate of drug-likeness (QED) is 0.525. The summed E-state index contributed by atoms with van der Waals surface area (Å²) in [6, 6.07) is 21.1. The molecule has 1 amide bonds. The van der Waals surface area contributed by atoms with E-state index in [2.05, 4.69) is 5.32 Å². The molecule has 8 nitrogen and oxygen atoms in total. The molecular formula is C25H26N2O6S. The number of amides is 1. The number of benzene rings is 3. The van der Waals surface area contributed by atoms with Crippen LogP contribution in [-0.2, 0) is 19.6 Å². The number of para-hydroxylation sites is 1. The second kappa shape index (κ2) is 10.7. The Balaban J connectivity index is 1.31. The molecule has 1 aliphatic rings. The van der Waals surface area contributed by atoms with Gasteiger partial charge in [-0.1, -0.05) is 18.2 Å². The molecule has 4 rings (SSSR count). The third-order valence-corrected chi connectivity index (χ3v) is 7.12. The van der Waals surface area contributed by atoms with Crippen molar-refractivity contribution in [1.29, 1.82) is 0 Å². The highest BCUT2D eigenvalue weighted by molar-refractivity contribution is 7.89. The van der Waals surface area contributed by atoms with Crippen molar-refractivity contribution in [2.45, 2.75) is 11.8 Å². The molecule has 0 saturated carbocycles. The summed E-state index contributed by atoms with van der Waals surface area (Å²) in [4.78, 5) is 12.5. The SMILES string of the molecule is Cc1cc(S(=O)(=O)N2CCOCC2)ccc1OCC(=O)Nc1ccc(Oc2ccccc2)cc1. The molecule has 0 spiro atoms. The van der Waals surface area contributed by atoms with Crippen LogP contribution < -0.4 is 14.8 Å². The van der Waals surface area contributed by atoms with E-state index in [9.17, 15) is 13.2 Å². The van der Waals surface area contributed by atoms with Gasteiger partial charge in [0.1, 0.15) is 17.2 Å². The molecule has 1 N–H and O–H groups in total. The van der Waals surface area contributed by atoms with E-state index in [1.54, 1.807) is 43.3 Å². The van der Waals surface area contributed by atoms with E-state index >= 15 is 0 Å². The number of sulfonamides is 1. The molecule has 0 atom stereocenters. The summed E-state index contributed by atoms with van der Waals surface area (Å²) in [7, 11) is -3.59. The molecule has 1 fully saturated rings. The number of hydrogen-bond acceptors (Lipinski definition) is 6. The number of anilines is 1. The first-order valence-electron chi connectivity index (χ1n) is 10.9. The highest BCUT2D eigenvalue weighted by atomic mass is 32.2. The number of nitrogens with one attached hydrogen (secondary N) is 1. The molecule has 1 heterocycles. The molecule has 34 heavy (non-hydrogen) atoms. The van der Waals surface area contributed by atoms with Crippen LogP contribution in [-0.4, -0.2) is 51.5 Å². The van der Waals surface area contributed by atoms with Crippen LogP contribution in [0.3, 0.4) is 0 Å². The van der Waals surface area contributed by atoms with E-state index in [1.807, 2.05) is 30.3 Å². The van der Waals surface area contributed by atoms with Crippen LogP contribution in [0.4, 0.5) is 5.69 Å². The molecule has 0 aliphatic carbocycles. The maximum Gasteiger partial charge on any atom is 0.262 e. The van der Waals surface area contributed by atoms with Crippen molar-refractivity contribution in [2.24, 2.45) is 0 Å². The van der Waals surface area contributed by atoms with Gasteiger partial charge in [0.2, 0.25) is 10.0 Å². The minimum atomic E-state index is -3.59. The summed E-state index contributed by atoms with van der Waals surface area (Å²) in [5, 5.41) is 2.77. The van der Waals surface area contributed by atoms with E-state index in [1.165, 1.54) is 10.4 Å². The largest absolute Gasteiger partial charge is 0.483 e. The standard InChI is InChI=1S/C25H26N2O6S/c1-19-17-23(34(29,30)27-13-15-31-16-14-27)11-12-24(19)32-18-25(28)26-20-7-9-22(10-8-20)33-21-5-3-2-4-6-21/h2-12,17H,13-16,18H2,1H3,(H,26,28). The van der Waals surface area contributed by atoms with E-state index in [4.69, 9.17) is 14.2 Å². The molecular weight excluding hydrogens is 456 g/mol. The van der Waals surface area contributed by atoms with Crippen molar-refractivity contribution >= 4 is 21.6 Å². The van der Waals surface area contributed by atoms with Crippen molar-refractivity contribution in [3.8, 4) is 17.2 Å². The molecule has 3 aromatic carbocycles. The van der Waals surface area contributed by atoms with Gasteiger partial charge in [0.15, 0.2) is 6.61 Å². The van der Waals surface area contributed by atoms with E-state index < -0.39 is 10.0 Å². The topological polar surface area (TPSA) is 94.2 Å². The van der Waals surface area contributed by atoms with Crippen molar-refractivity contribution in [2.75, 3.05) is 38.2 Å². The van der Waals surface area contributed by atoms with Gasteiger partial charge in [-0.15, -0.1) is 0 Å². The van der Waals surface area contributed by atoms with Gasteiger partial charge in [0, 0.05) is 18.8 Å². The summed E-state index contributed by atoms with van der Waals surface area (Å²) in [5.41, 5.74) is 1.24. The van der Waals surface area contributed by atoms with Crippen molar-refractivity contribution in [3.05, 3.63) is 78.4 Å². The van der Waals surface area contributed by atoms with Gasteiger partial charge in [-0.05, 0) is 67.1 Å². The molecule has 178 valence electrons. The van der Waals surface area contributed by atoms with Crippen molar-refractivity contribution in [1.82, 2.24) is 4.31 Å². The van der Waals surface area contributed by atoms with Crippen LogP contribution in [0.2, 0.25) is 0 Å². The van der Waals surface area contributed by atoms with Crippen molar-refractivity contribution < 1.29 is 27.4 Å². The van der Waals surface area contributed by atoms with Crippen LogP contribution in [0.25, 0.3) is 0 Å². The van der Waals surface area contributed by atoms with Crippen molar-refractivity contribution in [3.63, 3.8) is 0 Å². The molecule has 1 saturated heterocycles. The summed E-state index contributed by atoms with van der Waals surface area (Å²) in [6.45, 7) is 2.97. The average molecular weight is 483 g/mol. The third kappa shape index (κ3) is 5.93. The van der Waals surface area contributed by atoms with Crippen LogP contribution in [0.5, 0.6) is 17.2 Å². The molecule has 0 radical (unpaired) electrons. The van der Waals surface area contributed by atoms with Gasteiger partial charge in [-0.3, -0.25) is 4.79 Å². The first kappa shape index (κ1) is 23.7. The van der Waals surface area contributed by atoms with Gasteiger partial charge in [0.05, 0.1) is 18.1 Å². The number of ether oxygens (including phenoxy) is 3. The minimum Gasteiger partial charge on any atom is -0.483 e. The fraction of sp³-hybridized carbons (Fsp3) is 0.240. The monoisotopic (exact) mass is 482 g/mol. The Bertz CT molecular complexity index is 1220. The Labute approximate surface area is 199 Å². The van der Waals surface area contributed by atoms with Crippen LogP contribution in [0.15, 0.2) is 77.7 Å². The number of carbonyl (C=O) groups excluding carboxylic acids is 1. The Morgan fingerprint density at radius 1 is 0.971 bits per heavy atom. The molecule has 0 bridgehead atoms. The zero-order valence-corrected chi connectivity index (χ0v) is 19.6. The van der Waals surface area contributed by atoms with Crippen LogP contribution in [0.1, 0.15) is 5.56 Å². The van der Waals surface area contributed by atoms with Gasteiger partial charge in [-0.25, -0.2) is 8.42 Å². The second-order valence-electron chi connectivity index (χ2n) is 7.72. The van der Waals surface area contributed by atoms with Gasteiger partial charge in [-0.2, -0.15) is 4.31 Å². The number of aryl methyl sites for hydroxylation is 1. The van der Waals surface area contributed by atoms with E-state index in [-0.39, 0.29) is 17.4 Å². The highest BCUT2D eigenvalue weighted by Gasteiger charge is 2.26. The predicted octanol–water partition coefficient (Wildman–Crippen LogP) is 3.83. The zero-order chi connectivity index (χ0) is 24.0. The Morgan fingerprint density at radius 2 is 1.65 bits per heavy atom. The Hall–Kier alpha value is -3.40. The summed E-state index contributed by atoms with van der Waals surface area (Å²) in [6.07, 6.45) is 0. The van der Waals surface area contributed by atoms with Crippen LogP contribution in [0, 0.1) is 6.92 Å². The minimum absolute atomic E-state index is 0.196. The summed E-state index contributed by atoms with van der Waals surface area (Å²) >= 11 is 0. The Kier molecular flexibility index (Phi) is 7.46. The zero-order valence-electron chi connectivity index (χ0n) is 18.8. The lowest BCUT2D eigenvalue weighted by Gasteiger charge is -2.26. The number of carbonyl (C=O) groups is 1. The first-order chi connectivity index (χ1) is 16.4. The van der Waals surface area contributed by atoms with E-state index in [0.717, 1.165) is 5.75 Å². The molecule has 1 aliphatic heterocycles. The van der Waals surface area contributed by atoms with Gasteiger partial charge >= 0.3 is 0 Å². The fourth-order valence-electron chi connectivity index (χ4n) is 3.45. The van der Waals surface area contributed by atoms with E-state index in [0.29, 0.717) is 49.1 Å². The van der Waals surface area contributed by atoms with Gasteiger partial charge in [0.25, 0.3) is 5.91 Å². The average Bonchev–Trinajstić information content (AvgIpc) is 2.85. The highest BCUT2D eigenvalue weighted by Crippen LogP contribution is 2.25. The lowest BCUT2D eigenvalue weighted by Crippen LogP contribution is -2.40.